The molecule has 116 valence electrons. The normalized spacial score (nSPS) is 30.0. The van der Waals surface area contributed by atoms with Gasteiger partial charge in [0, 0.05) is 6.42 Å². The van der Waals surface area contributed by atoms with Gasteiger partial charge in [-0.1, -0.05) is 6.92 Å². The van der Waals surface area contributed by atoms with Gasteiger partial charge in [0.2, 0.25) is 5.91 Å². The minimum atomic E-state index is -1.01. The summed E-state index contributed by atoms with van der Waals surface area (Å²) in [6, 6.07) is -0.509. The number of nitrogens with two attached hydrogens (primary N) is 2. The van der Waals surface area contributed by atoms with Crippen LogP contribution >= 0.6 is 0 Å². The fraction of sp³-hybridized carbons (Fsp3) is 0.750. The van der Waals surface area contributed by atoms with Crippen molar-refractivity contribution in [3.63, 3.8) is 0 Å². The molecule has 1 amide bonds. The van der Waals surface area contributed by atoms with Crippen molar-refractivity contribution in [2.24, 2.45) is 29.2 Å². The zero-order valence-corrected chi connectivity index (χ0v) is 11.5. The first-order chi connectivity index (χ1) is 9.07. The number of carboxylic acids is 2. The van der Waals surface area contributed by atoms with Crippen molar-refractivity contribution in [1.82, 2.24) is 0 Å². The lowest BCUT2D eigenvalue weighted by Gasteiger charge is -2.17. The standard InChI is InChI=1S/C9H14O5.C3H8N2O/c1-4-5(3-8(11)12)6(9(13)14)2-7(4)10;1-2(4)3(5)6/h4-7,10H,2-3H2,1H3,(H,11,12)(H,13,14);2H,4H2,1H3,(H2,5,6)/t4?,5?,6-,7?;/m1./s1. The Labute approximate surface area is 116 Å². The first-order valence-electron chi connectivity index (χ1n) is 6.25. The van der Waals surface area contributed by atoms with Crippen molar-refractivity contribution in [3.05, 3.63) is 0 Å². The smallest absolute Gasteiger partial charge is 0.306 e. The van der Waals surface area contributed by atoms with E-state index in [4.69, 9.17) is 15.9 Å². The number of primary amides is 1. The Balaban J connectivity index is 0.000000511. The van der Waals surface area contributed by atoms with Crippen LogP contribution in [0.5, 0.6) is 0 Å². The molecule has 8 nitrogen and oxygen atoms in total. The Morgan fingerprint density at radius 1 is 1.30 bits per heavy atom. The van der Waals surface area contributed by atoms with E-state index in [1.807, 2.05) is 0 Å². The van der Waals surface area contributed by atoms with Crippen LogP contribution in [0.15, 0.2) is 0 Å². The van der Waals surface area contributed by atoms with Crippen LogP contribution in [0, 0.1) is 17.8 Å². The first kappa shape index (κ1) is 18.3. The second-order valence-electron chi connectivity index (χ2n) is 5.06. The van der Waals surface area contributed by atoms with Crippen molar-refractivity contribution in [3.8, 4) is 0 Å². The van der Waals surface area contributed by atoms with E-state index in [-0.39, 0.29) is 18.8 Å². The Kier molecular flexibility index (Phi) is 7.16. The third kappa shape index (κ3) is 5.54. The summed E-state index contributed by atoms with van der Waals surface area (Å²) in [4.78, 5) is 31.1. The molecule has 0 aromatic heterocycles. The molecule has 1 aliphatic carbocycles. The lowest BCUT2D eigenvalue weighted by atomic mass is 9.87. The molecule has 0 bridgehead atoms. The molecule has 0 radical (unpaired) electrons. The van der Waals surface area contributed by atoms with Gasteiger partial charge in [0.1, 0.15) is 0 Å². The van der Waals surface area contributed by atoms with E-state index in [0.717, 1.165) is 0 Å². The Morgan fingerprint density at radius 3 is 2.05 bits per heavy atom. The van der Waals surface area contributed by atoms with Crippen LogP contribution < -0.4 is 11.5 Å². The van der Waals surface area contributed by atoms with Gasteiger partial charge in [-0.2, -0.15) is 0 Å². The van der Waals surface area contributed by atoms with Gasteiger partial charge in [-0.25, -0.2) is 0 Å². The highest BCUT2D eigenvalue weighted by atomic mass is 16.4. The molecular formula is C12H22N2O6. The van der Waals surface area contributed by atoms with Gasteiger partial charge < -0.3 is 26.8 Å². The molecule has 0 aliphatic heterocycles. The zero-order chi connectivity index (χ0) is 16.0. The van der Waals surface area contributed by atoms with Gasteiger partial charge in [0.05, 0.1) is 18.1 Å². The maximum absolute atomic E-state index is 10.8. The molecule has 0 heterocycles. The number of carboxylic acid groups (broad SMARTS) is 2. The molecule has 1 rings (SSSR count). The van der Waals surface area contributed by atoms with Crippen molar-refractivity contribution >= 4 is 17.8 Å². The number of carbonyl (C=O) groups is 3. The number of amides is 1. The van der Waals surface area contributed by atoms with Crippen LogP contribution in [0.4, 0.5) is 0 Å². The van der Waals surface area contributed by atoms with Crippen LogP contribution in [-0.4, -0.2) is 45.3 Å². The van der Waals surface area contributed by atoms with Crippen LogP contribution in [-0.2, 0) is 14.4 Å². The van der Waals surface area contributed by atoms with Crippen molar-refractivity contribution in [1.29, 1.82) is 0 Å². The molecule has 0 aromatic rings. The predicted octanol–water partition coefficient (Wildman–Crippen LogP) is -1.00. The largest absolute Gasteiger partial charge is 0.481 e. The van der Waals surface area contributed by atoms with Gasteiger partial charge in [-0.05, 0) is 25.2 Å². The summed E-state index contributed by atoms with van der Waals surface area (Å²) in [5, 5.41) is 26.9. The molecule has 5 atom stereocenters. The third-order valence-corrected chi connectivity index (χ3v) is 3.47. The zero-order valence-electron chi connectivity index (χ0n) is 11.5. The lowest BCUT2D eigenvalue weighted by molar-refractivity contribution is -0.145. The SMILES string of the molecule is CC(N)C(N)=O.CC1C(O)C[C@@H](C(=O)O)C1CC(=O)O. The van der Waals surface area contributed by atoms with Crippen LogP contribution in [0.1, 0.15) is 26.7 Å². The minimum absolute atomic E-state index is 0.161. The summed E-state index contributed by atoms with van der Waals surface area (Å²) in [6.07, 6.45) is -0.718. The fourth-order valence-electron chi connectivity index (χ4n) is 2.12. The molecule has 4 unspecified atom stereocenters. The monoisotopic (exact) mass is 290 g/mol. The molecule has 1 fully saturated rings. The van der Waals surface area contributed by atoms with Gasteiger partial charge in [0.15, 0.2) is 0 Å². The number of rotatable bonds is 4. The molecule has 7 N–H and O–H groups in total. The number of aliphatic hydroxyl groups is 1. The van der Waals surface area contributed by atoms with E-state index in [9.17, 15) is 19.5 Å². The van der Waals surface area contributed by atoms with Crippen molar-refractivity contribution in [2.45, 2.75) is 38.8 Å². The fourth-order valence-corrected chi connectivity index (χ4v) is 2.12. The number of hydrogen-bond donors (Lipinski definition) is 5. The summed E-state index contributed by atoms with van der Waals surface area (Å²) in [5.41, 5.74) is 9.63. The highest BCUT2D eigenvalue weighted by molar-refractivity contribution is 5.78. The molecule has 0 saturated heterocycles. The third-order valence-electron chi connectivity index (χ3n) is 3.47. The van der Waals surface area contributed by atoms with Crippen molar-refractivity contribution in [2.75, 3.05) is 0 Å². The highest BCUT2D eigenvalue weighted by Crippen LogP contribution is 2.39. The molecule has 0 aromatic carbocycles. The molecule has 0 spiro atoms. The van der Waals surface area contributed by atoms with Crippen molar-refractivity contribution < 1.29 is 29.7 Å². The van der Waals surface area contributed by atoms with Gasteiger partial charge in [0.25, 0.3) is 0 Å². The van der Waals surface area contributed by atoms with E-state index >= 15 is 0 Å². The topological polar surface area (TPSA) is 164 Å². The summed E-state index contributed by atoms with van der Waals surface area (Å²) in [5.74, 6) is -3.93. The van der Waals surface area contributed by atoms with E-state index < -0.39 is 41.8 Å². The molecule has 1 aliphatic rings. The second kappa shape index (κ2) is 7.81. The Hall–Kier alpha value is -1.67. The van der Waals surface area contributed by atoms with E-state index in [2.05, 4.69) is 5.73 Å². The van der Waals surface area contributed by atoms with E-state index in [1.165, 1.54) is 0 Å². The number of hydrogen-bond acceptors (Lipinski definition) is 5. The maximum Gasteiger partial charge on any atom is 0.306 e. The van der Waals surface area contributed by atoms with Crippen LogP contribution in [0.3, 0.4) is 0 Å². The maximum atomic E-state index is 10.8. The highest BCUT2D eigenvalue weighted by Gasteiger charge is 2.44. The molecular weight excluding hydrogens is 268 g/mol. The average molecular weight is 290 g/mol. The van der Waals surface area contributed by atoms with Crippen LogP contribution in [0.25, 0.3) is 0 Å². The molecule has 8 heteroatoms. The average Bonchev–Trinajstić information content (AvgIpc) is 2.57. The van der Waals surface area contributed by atoms with E-state index in [1.54, 1.807) is 13.8 Å². The van der Waals surface area contributed by atoms with Gasteiger partial charge >= 0.3 is 11.9 Å². The van der Waals surface area contributed by atoms with Gasteiger partial charge in [-0.15, -0.1) is 0 Å². The first-order valence-corrected chi connectivity index (χ1v) is 6.25. The van der Waals surface area contributed by atoms with Gasteiger partial charge in [-0.3, -0.25) is 14.4 Å². The Bertz CT molecular complexity index is 371. The summed E-state index contributed by atoms with van der Waals surface area (Å²) in [6.45, 7) is 3.24. The summed E-state index contributed by atoms with van der Waals surface area (Å²) < 4.78 is 0. The predicted molar refractivity (Wildman–Crippen MR) is 69.5 cm³/mol. The Morgan fingerprint density at radius 2 is 1.75 bits per heavy atom. The van der Waals surface area contributed by atoms with E-state index in [0.29, 0.717) is 0 Å². The minimum Gasteiger partial charge on any atom is -0.481 e. The number of aliphatic carboxylic acids is 2. The number of carbonyl (C=O) groups excluding carboxylic acids is 1. The summed E-state index contributed by atoms with van der Waals surface area (Å²) >= 11 is 0. The second-order valence-corrected chi connectivity index (χ2v) is 5.06. The van der Waals surface area contributed by atoms with Crippen LogP contribution in [0.2, 0.25) is 0 Å². The number of aliphatic hydroxyl groups excluding tert-OH is 1. The summed E-state index contributed by atoms with van der Waals surface area (Å²) in [7, 11) is 0. The molecule has 1 saturated carbocycles. The quantitative estimate of drug-likeness (QED) is 0.443. The molecule has 20 heavy (non-hydrogen) atoms. The lowest BCUT2D eigenvalue weighted by Crippen LogP contribution is -2.32.